The fourth-order valence-corrected chi connectivity index (χ4v) is 4.49. The van der Waals surface area contributed by atoms with Gasteiger partial charge in [-0.05, 0) is 50.7 Å². The van der Waals surface area contributed by atoms with Crippen molar-refractivity contribution in [3.63, 3.8) is 0 Å². The summed E-state index contributed by atoms with van der Waals surface area (Å²) in [5, 5.41) is 0.101. The zero-order valence-electron chi connectivity index (χ0n) is 13.4. The van der Waals surface area contributed by atoms with Crippen molar-refractivity contribution < 1.29 is 14.0 Å². The van der Waals surface area contributed by atoms with Crippen molar-refractivity contribution in [3.05, 3.63) is 34.6 Å². The standard InChI is InChI=1S/C18H20ClFN2O2/c19-13-4-1-5-14(20)15(13)16(23)22-11-3-9-18(22)8-2-10-21(17(18)24)12-6-7-12/h1,4-5,12H,2-3,6-11H2. The molecule has 0 bridgehead atoms. The van der Waals surface area contributed by atoms with E-state index in [-0.39, 0.29) is 16.5 Å². The molecule has 0 N–H and O–H groups in total. The minimum Gasteiger partial charge on any atom is -0.338 e. The first kappa shape index (κ1) is 15.9. The molecule has 4 nitrogen and oxygen atoms in total. The number of likely N-dealkylation sites (tertiary alicyclic amines) is 2. The lowest BCUT2D eigenvalue weighted by atomic mass is 9.85. The molecule has 0 radical (unpaired) electrons. The van der Waals surface area contributed by atoms with Gasteiger partial charge in [0.05, 0.1) is 10.6 Å². The second-order valence-electron chi connectivity index (χ2n) is 7.02. The van der Waals surface area contributed by atoms with Crippen LogP contribution in [0.25, 0.3) is 0 Å². The summed E-state index contributed by atoms with van der Waals surface area (Å²) in [5.41, 5.74) is -0.916. The zero-order chi connectivity index (χ0) is 16.9. The summed E-state index contributed by atoms with van der Waals surface area (Å²) in [6, 6.07) is 4.57. The number of amides is 2. The fraction of sp³-hybridized carbons (Fsp3) is 0.556. The summed E-state index contributed by atoms with van der Waals surface area (Å²) in [4.78, 5) is 29.7. The van der Waals surface area contributed by atoms with Crippen LogP contribution in [0.2, 0.25) is 5.02 Å². The van der Waals surface area contributed by atoms with E-state index in [0.717, 1.165) is 32.2 Å². The van der Waals surface area contributed by atoms with Crippen molar-refractivity contribution in [3.8, 4) is 0 Å². The molecular weight excluding hydrogens is 331 g/mol. The quantitative estimate of drug-likeness (QED) is 0.821. The van der Waals surface area contributed by atoms with E-state index in [1.165, 1.54) is 18.2 Å². The molecule has 1 saturated carbocycles. The third-order valence-corrected chi connectivity index (χ3v) is 5.86. The maximum atomic E-state index is 14.2. The van der Waals surface area contributed by atoms with E-state index in [1.54, 1.807) is 4.90 Å². The molecule has 24 heavy (non-hydrogen) atoms. The van der Waals surface area contributed by atoms with Crippen LogP contribution >= 0.6 is 11.6 Å². The minimum absolute atomic E-state index is 0.0505. The Labute approximate surface area is 145 Å². The number of halogens is 2. The normalized spacial score (nSPS) is 27.2. The van der Waals surface area contributed by atoms with Gasteiger partial charge in [-0.25, -0.2) is 4.39 Å². The summed E-state index contributed by atoms with van der Waals surface area (Å²) in [7, 11) is 0. The van der Waals surface area contributed by atoms with Gasteiger partial charge in [0, 0.05) is 19.1 Å². The zero-order valence-corrected chi connectivity index (χ0v) is 14.2. The van der Waals surface area contributed by atoms with Gasteiger partial charge in [-0.3, -0.25) is 9.59 Å². The van der Waals surface area contributed by atoms with Gasteiger partial charge in [-0.15, -0.1) is 0 Å². The van der Waals surface area contributed by atoms with E-state index in [4.69, 9.17) is 11.6 Å². The highest BCUT2D eigenvalue weighted by Gasteiger charge is 2.55. The molecule has 2 saturated heterocycles. The van der Waals surface area contributed by atoms with Crippen LogP contribution in [0.4, 0.5) is 4.39 Å². The van der Waals surface area contributed by atoms with E-state index in [0.29, 0.717) is 25.4 Å². The summed E-state index contributed by atoms with van der Waals surface area (Å²) < 4.78 is 14.2. The Morgan fingerprint density at radius 3 is 2.58 bits per heavy atom. The molecule has 1 aromatic rings. The molecule has 1 unspecified atom stereocenters. The summed E-state index contributed by atoms with van der Waals surface area (Å²) in [5.74, 6) is -1.03. The number of nitrogens with zero attached hydrogens (tertiary/aromatic N) is 2. The maximum absolute atomic E-state index is 14.2. The smallest absolute Gasteiger partial charge is 0.259 e. The topological polar surface area (TPSA) is 40.6 Å². The van der Waals surface area contributed by atoms with Crippen LogP contribution in [-0.4, -0.2) is 46.3 Å². The molecule has 3 aliphatic rings. The van der Waals surface area contributed by atoms with Gasteiger partial charge in [0.25, 0.3) is 5.91 Å². The third-order valence-electron chi connectivity index (χ3n) is 5.55. The summed E-state index contributed by atoms with van der Waals surface area (Å²) >= 11 is 6.07. The Kier molecular flexibility index (Phi) is 3.79. The molecule has 0 aromatic heterocycles. The van der Waals surface area contributed by atoms with Crippen molar-refractivity contribution in [2.75, 3.05) is 13.1 Å². The van der Waals surface area contributed by atoms with Crippen molar-refractivity contribution in [1.29, 1.82) is 0 Å². The average molecular weight is 351 g/mol. The highest BCUT2D eigenvalue weighted by Crippen LogP contribution is 2.42. The average Bonchev–Trinajstić information content (AvgIpc) is 3.30. The van der Waals surface area contributed by atoms with Gasteiger partial charge in [0.1, 0.15) is 11.4 Å². The first-order valence-corrected chi connectivity index (χ1v) is 8.99. The van der Waals surface area contributed by atoms with Crippen LogP contribution in [0.5, 0.6) is 0 Å². The van der Waals surface area contributed by atoms with E-state index < -0.39 is 17.3 Å². The summed E-state index contributed by atoms with van der Waals surface area (Å²) in [6.07, 6.45) is 5.07. The second-order valence-corrected chi connectivity index (χ2v) is 7.43. The van der Waals surface area contributed by atoms with Crippen LogP contribution in [0.15, 0.2) is 18.2 Å². The molecule has 2 heterocycles. The van der Waals surface area contributed by atoms with Gasteiger partial charge < -0.3 is 9.80 Å². The van der Waals surface area contributed by atoms with Gasteiger partial charge in [-0.2, -0.15) is 0 Å². The molecule has 1 aliphatic carbocycles. The van der Waals surface area contributed by atoms with E-state index >= 15 is 0 Å². The van der Waals surface area contributed by atoms with Crippen LogP contribution in [-0.2, 0) is 4.79 Å². The number of hydrogen-bond donors (Lipinski definition) is 0. The number of benzene rings is 1. The van der Waals surface area contributed by atoms with Gasteiger partial charge >= 0.3 is 0 Å². The van der Waals surface area contributed by atoms with Crippen molar-refractivity contribution in [1.82, 2.24) is 9.80 Å². The molecule has 1 aromatic carbocycles. The predicted octanol–water partition coefficient (Wildman–Crippen LogP) is 3.24. The van der Waals surface area contributed by atoms with Crippen LogP contribution in [0, 0.1) is 5.82 Å². The highest BCUT2D eigenvalue weighted by molar-refractivity contribution is 6.34. The van der Waals surface area contributed by atoms with E-state index in [2.05, 4.69) is 0 Å². The van der Waals surface area contributed by atoms with Gasteiger partial charge in [0.2, 0.25) is 5.91 Å². The Morgan fingerprint density at radius 2 is 1.92 bits per heavy atom. The van der Waals surface area contributed by atoms with Crippen LogP contribution in [0.3, 0.4) is 0 Å². The van der Waals surface area contributed by atoms with Crippen LogP contribution in [0.1, 0.15) is 48.9 Å². The second kappa shape index (κ2) is 5.73. The summed E-state index contributed by atoms with van der Waals surface area (Å²) in [6.45, 7) is 1.25. The Hall–Kier alpha value is -1.62. The molecule has 1 spiro atoms. The number of piperidine rings is 1. The minimum atomic E-state index is -0.802. The van der Waals surface area contributed by atoms with Crippen molar-refractivity contribution >= 4 is 23.4 Å². The lowest BCUT2D eigenvalue weighted by molar-refractivity contribution is -0.146. The Bertz CT molecular complexity index is 686. The van der Waals surface area contributed by atoms with E-state index in [9.17, 15) is 14.0 Å². The first-order valence-electron chi connectivity index (χ1n) is 8.62. The molecule has 6 heteroatoms. The number of carbonyl (C=O) groups is 2. The van der Waals surface area contributed by atoms with Gasteiger partial charge in [0.15, 0.2) is 0 Å². The van der Waals surface area contributed by atoms with Gasteiger partial charge in [-0.1, -0.05) is 17.7 Å². The molecular formula is C18H20ClFN2O2. The molecule has 1 atom stereocenters. The maximum Gasteiger partial charge on any atom is 0.259 e. The van der Waals surface area contributed by atoms with Crippen molar-refractivity contribution in [2.24, 2.45) is 0 Å². The number of hydrogen-bond acceptors (Lipinski definition) is 2. The molecule has 2 aliphatic heterocycles. The lowest BCUT2D eigenvalue weighted by Gasteiger charge is -2.44. The third kappa shape index (κ3) is 2.32. The Morgan fingerprint density at radius 1 is 1.21 bits per heavy atom. The number of rotatable bonds is 2. The monoisotopic (exact) mass is 350 g/mol. The SMILES string of the molecule is O=C(c1c(F)cccc1Cl)N1CCCC12CCCN(C1CC1)C2=O. The van der Waals surface area contributed by atoms with E-state index in [1.807, 2.05) is 4.90 Å². The molecule has 3 fully saturated rings. The molecule has 128 valence electrons. The first-order chi connectivity index (χ1) is 11.5. The van der Waals surface area contributed by atoms with Crippen LogP contribution < -0.4 is 0 Å². The predicted molar refractivity (Wildman–Crippen MR) is 88.4 cm³/mol. The Balaban J connectivity index is 1.69. The fourth-order valence-electron chi connectivity index (χ4n) is 4.25. The van der Waals surface area contributed by atoms with Crippen molar-refractivity contribution in [2.45, 2.75) is 50.1 Å². The molecule has 4 rings (SSSR count). The number of carbonyl (C=O) groups excluding carboxylic acids is 2. The largest absolute Gasteiger partial charge is 0.338 e. The lowest BCUT2D eigenvalue weighted by Crippen LogP contribution is -2.61. The molecule has 2 amide bonds. The highest BCUT2D eigenvalue weighted by atomic mass is 35.5.